The summed E-state index contributed by atoms with van der Waals surface area (Å²) in [5.74, 6) is -0.959. The van der Waals surface area contributed by atoms with Gasteiger partial charge in [-0.1, -0.05) is 13.0 Å². The number of alkyl halides is 1. The first-order valence-corrected chi connectivity index (χ1v) is 14.6. The molecule has 0 spiro atoms. The lowest BCUT2D eigenvalue weighted by molar-refractivity contribution is 0.107. The van der Waals surface area contributed by atoms with Crippen LogP contribution in [0.1, 0.15) is 39.5 Å². The lowest BCUT2D eigenvalue weighted by atomic mass is 9.95. The summed E-state index contributed by atoms with van der Waals surface area (Å²) in [5.41, 5.74) is 0.629. The second-order valence-corrected chi connectivity index (χ2v) is 11.9. The number of pyridine rings is 1. The molecular weight excluding hydrogens is 529 g/mol. The number of nitrogens with one attached hydrogen (secondary N) is 1. The molecule has 0 amide bonds. The lowest BCUT2D eigenvalue weighted by Crippen LogP contribution is -2.55. The van der Waals surface area contributed by atoms with Crippen LogP contribution in [0.5, 0.6) is 6.01 Å². The monoisotopic (exact) mass is 564 g/mol. The first-order valence-electron chi connectivity index (χ1n) is 14.6. The van der Waals surface area contributed by atoms with Crippen molar-refractivity contribution in [3.63, 3.8) is 0 Å². The number of rotatable bonds is 6. The predicted molar refractivity (Wildman–Crippen MR) is 153 cm³/mol. The molecule has 4 aromatic rings. The van der Waals surface area contributed by atoms with Crippen LogP contribution in [0.3, 0.4) is 0 Å². The van der Waals surface area contributed by atoms with E-state index in [1.54, 1.807) is 12.1 Å². The van der Waals surface area contributed by atoms with E-state index in [0.717, 1.165) is 25.8 Å². The minimum absolute atomic E-state index is 0.0183. The Morgan fingerprint density at radius 1 is 1.12 bits per heavy atom. The Labute approximate surface area is 237 Å². The van der Waals surface area contributed by atoms with E-state index in [1.807, 2.05) is 28.9 Å². The number of hydrogen-bond acceptors (Lipinski definition) is 6. The largest absolute Gasteiger partial charge is 0.461 e. The Bertz CT molecular complexity index is 1610. The van der Waals surface area contributed by atoms with Gasteiger partial charge in [-0.05, 0) is 57.0 Å². The van der Waals surface area contributed by atoms with E-state index in [9.17, 15) is 4.39 Å². The third-order valence-electron chi connectivity index (χ3n) is 9.15. The van der Waals surface area contributed by atoms with Crippen molar-refractivity contribution < 1.29 is 17.9 Å². The van der Waals surface area contributed by atoms with Crippen LogP contribution in [0.25, 0.3) is 27.5 Å². The Hall–Kier alpha value is -3.37. The number of nitrogens with zero attached hydrogens (tertiary/aromatic N) is 5. The number of fused-ring (bicyclic) bond motifs is 3. The van der Waals surface area contributed by atoms with Crippen molar-refractivity contribution >= 4 is 22.2 Å². The highest BCUT2D eigenvalue weighted by Gasteiger charge is 2.49. The van der Waals surface area contributed by atoms with Gasteiger partial charge in [-0.2, -0.15) is 9.97 Å². The average Bonchev–Trinajstić information content (AvgIpc) is 3.66. The lowest BCUT2D eigenvalue weighted by Gasteiger charge is -2.38. The topological polar surface area (TPSA) is 57.9 Å². The summed E-state index contributed by atoms with van der Waals surface area (Å²) in [6.07, 6.45) is 5.94. The highest BCUT2D eigenvalue weighted by Crippen LogP contribution is 2.41. The molecule has 3 aromatic heterocycles. The molecule has 216 valence electrons. The number of hydrogen-bond donors (Lipinski definition) is 1. The standard InChI is InChI=1S/C31H35F3N6O/c1-3-21-17-39(15-19(2)35-21)29-23-13-24(33)26(22-7-4-10-38-11-5-8-25(22)38)27(34)28(23)36-30(37-29)41-18-31-9-6-12-40(31)16-20(32)14-31/h4-5,7-8,10-11,13,19-21,35H,3,6,9,12,14-18H2,1-2H3/t19-,20-,21?,31+/m1/s1. The number of aromatic nitrogens is 3. The molecule has 4 atom stereocenters. The predicted octanol–water partition coefficient (Wildman–Crippen LogP) is 5.36. The van der Waals surface area contributed by atoms with Crippen molar-refractivity contribution in [2.75, 3.05) is 37.7 Å². The summed E-state index contributed by atoms with van der Waals surface area (Å²) in [7, 11) is 0. The second-order valence-electron chi connectivity index (χ2n) is 11.9. The van der Waals surface area contributed by atoms with Crippen molar-refractivity contribution in [2.24, 2.45) is 0 Å². The molecule has 7 rings (SSSR count). The molecule has 3 fully saturated rings. The average molecular weight is 565 g/mol. The Morgan fingerprint density at radius 2 is 1.95 bits per heavy atom. The third kappa shape index (κ3) is 4.52. The highest BCUT2D eigenvalue weighted by atomic mass is 19.1. The number of piperazine rings is 1. The molecule has 1 aromatic carbocycles. The van der Waals surface area contributed by atoms with Gasteiger partial charge in [0.1, 0.15) is 29.9 Å². The molecule has 3 saturated heterocycles. The molecule has 0 saturated carbocycles. The van der Waals surface area contributed by atoms with E-state index in [2.05, 4.69) is 33.9 Å². The van der Waals surface area contributed by atoms with Crippen molar-refractivity contribution in [2.45, 2.75) is 63.3 Å². The molecule has 10 heteroatoms. The van der Waals surface area contributed by atoms with Crippen LogP contribution in [0.15, 0.2) is 42.7 Å². The van der Waals surface area contributed by atoms with Crippen LogP contribution in [0, 0.1) is 11.6 Å². The summed E-state index contributed by atoms with van der Waals surface area (Å²) in [5, 5.41) is 3.89. The van der Waals surface area contributed by atoms with Gasteiger partial charge in [0.15, 0.2) is 5.82 Å². The van der Waals surface area contributed by atoms with Gasteiger partial charge < -0.3 is 19.4 Å². The van der Waals surface area contributed by atoms with Crippen molar-refractivity contribution in [3.8, 4) is 17.1 Å². The van der Waals surface area contributed by atoms with Crippen molar-refractivity contribution in [1.82, 2.24) is 24.6 Å². The van der Waals surface area contributed by atoms with Gasteiger partial charge in [-0.15, -0.1) is 0 Å². The first-order chi connectivity index (χ1) is 19.8. The highest BCUT2D eigenvalue weighted by molar-refractivity contribution is 5.95. The number of halogens is 3. The Kier molecular flexibility index (Phi) is 6.58. The van der Waals surface area contributed by atoms with Crippen molar-refractivity contribution in [1.29, 1.82) is 0 Å². The van der Waals surface area contributed by atoms with Gasteiger partial charge in [0, 0.05) is 61.5 Å². The van der Waals surface area contributed by atoms with Crippen LogP contribution in [0.2, 0.25) is 0 Å². The summed E-state index contributed by atoms with van der Waals surface area (Å²) in [4.78, 5) is 13.5. The molecule has 0 aliphatic carbocycles. The number of anilines is 1. The second kappa shape index (κ2) is 10.2. The van der Waals surface area contributed by atoms with Gasteiger partial charge in [0.25, 0.3) is 0 Å². The molecule has 1 N–H and O–H groups in total. The van der Waals surface area contributed by atoms with Gasteiger partial charge in [0.05, 0.1) is 16.6 Å². The van der Waals surface area contributed by atoms with E-state index in [4.69, 9.17) is 9.72 Å². The van der Waals surface area contributed by atoms with Crippen LogP contribution < -0.4 is 15.0 Å². The fourth-order valence-electron chi connectivity index (χ4n) is 7.24. The fourth-order valence-corrected chi connectivity index (χ4v) is 7.24. The number of ether oxygens (including phenoxy) is 1. The molecule has 41 heavy (non-hydrogen) atoms. The minimum atomic E-state index is -0.889. The molecule has 0 bridgehead atoms. The van der Waals surface area contributed by atoms with Crippen LogP contribution in [-0.2, 0) is 0 Å². The summed E-state index contributed by atoms with van der Waals surface area (Å²) >= 11 is 0. The van der Waals surface area contributed by atoms with Crippen molar-refractivity contribution in [3.05, 3.63) is 54.4 Å². The van der Waals surface area contributed by atoms with Crippen LogP contribution in [-0.4, -0.2) is 75.8 Å². The molecule has 3 aliphatic heterocycles. The maximum atomic E-state index is 16.5. The zero-order valence-corrected chi connectivity index (χ0v) is 23.4. The number of benzene rings is 1. The van der Waals surface area contributed by atoms with E-state index in [-0.39, 0.29) is 35.8 Å². The Morgan fingerprint density at radius 3 is 2.78 bits per heavy atom. The van der Waals surface area contributed by atoms with Crippen LogP contribution >= 0.6 is 0 Å². The Balaban J connectivity index is 1.36. The molecule has 6 heterocycles. The smallest absolute Gasteiger partial charge is 0.319 e. The summed E-state index contributed by atoms with van der Waals surface area (Å²) in [6, 6.07) is 8.92. The molecule has 1 unspecified atom stereocenters. The van der Waals surface area contributed by atoms with Gasteiger partial charge in [-0.3, -0.25) is 4.90 Å². The maximum absolute atomic E-state index is 16.5. The molecule has 0 radical (unpaired) electrons. The summed E-state index contributed by atoms with van der Waals surface area (Å²) < 4.78 is 54.9. The quantitative estimate of drug-likeness (QED) is 0.340. The summed E-state index contributed by atoms with van der Waals surface area (Å²) in [6.45, 7) is 6.95. The van der Waals surface area contributed by atoms with Gasteiger partial charge in [0.2, 0.25) is 0 Å². The van der Waals surface area contributed by atoms with Crippen LogP contribution in [0.4, 0.5) is 19.0 Å². The van der Waals surface area contributed by atoms with E-state index in [1.165, 1.54) is 6.07 Å². The SMILES string of the molecule is CCC1CN(c2nc(OC[C@@]34CCCN3C[C@H](F)C4)nc3c(F)c(-c4cccn5cccc45)c(F)cc23)C[C@@H](C)N1. The maximum Gasteiger partial charge on any atom is 0.319 e. The van der Waals surface area contributed by atoms with E-state index < -0.39 is 23.3 Å². The van der Waals surface area contributed by atoms with E-state index in [0.29, 0.717) is 48.3 Å². The normalized spacial score (nSPS) is 26.8. The fraction of sp³-hybridized carbons (Fsp3) is 0.484. The zero-order chi connectivity index (χ0) is 28.3. The molecular formula is C31H35F3N6O. The van der Waals surface area contributed by atoms with E-state index >= 15 is 8.78 Å². The molecule has 7 nitrogen and oxygen atoms in total. The third-order valence-corrected chi connectivity index (χ3v) is 9.15. The zero-order valence-electron chi connectivity index (χ0n) is 23.4. The van der Waals surface area contributed by atoms with Gasteiger partial charge in [-0.25, -0.2) is 13.2 Å². The van der Waals surface area contributed by atoms with Gasteiger partial charge >= 0.3 is 6.01 Å². The minimum Gasteiger partial charge on any atom is -0.461 e. The first kappa shape index (κ1) is 26.5. The molecule has 3 aliphatic rings.